The number of aryl methyl sites for hydroxylation is 2. The van der Waals surface area contributed by atoms with E-state index < -0.39 is 11.9 Å². The fraction of sp³-hybridized carbons (Fsp3) is 0.250. The highest BCUT2D eigenvalue weighted by molar-refractivity contribution is 9.10. The van der Waals surface area contributed by atoms with Crippen LogP contribution in [0.4, 0.5) is 0 Å². The molecule has 0 aliphatic carbocycles. The van der Waals surface area contributed by atoms with Crippen LogP contribution in [0.15, 0.2) is 33.2 Å². The molecule has 22 heavy (non-hydrogen) atoms. The Morgan fingerprint density at radius 1 is 1.36 bits per heavy atom. The standard InChI is InChI=1S/C16H16BrNO4/c1-3-12-11(16(20)21)7-13(22-12)15(19)18-8-10-6-4-5-9(2)14(10)17/h4-7H,3,8H2,1-2H3,(H,18,19)(H,20,21). The van der Waals surface area contributed by atoms with Crippen LogP contribution in [0, 0.1) is 6.92 Å². The molecule has 0 bridgehead atoms. The van der Waals surface area contributed by atoms with E-state index in [0.29, 0.717) is 18.7 Å². The second-order valence-corrected chi connectivity index (χ2v) is 5.63. The number of hydrogen-bond donors (Lipinski definition) is 2. The highest BCUT2D eigenvalue weighted by atomic mass is 79.9. The third-order valence-electron chi connectivity index (χ3n) is 3.30. The summed E-state index contributed by atoms with van der Waals surface area (Å²) in [7, 11) is 0. The Balaban J connectivity index is 2.13. The molecule has 1 heterocycles. The van der Waals surface area contributed by atoms with Crippen molar-refractivity contribution in [2.24, 2.45) is 0 Å². The molecule has 6 heteroatoms. The Bertz CT molecular complexity index is 721. The smallest absolute Gasteiger partial charge is 0.339 e. The van der Waals surface area contributed by atoms with E-state index in [1.165, 1.54) is 6.07 Å². The number of carboxylic acid groups (broad SMARTS) is 1. The molecular weight excluding hydrogens is 350 g/mol. The first kappa shape index (κ1) is 16.3. The second-order valence-electron chi connectivity index (χ2n) is 4.84. The molecule has 1 aromatic heterocycles. The van der Waals surface area contributed by atoms with Crippen LogP contribution in [-0.2, 0) is 13.0 Å². The van der Waals surface area contributed by atoms with Gasteiger partial charge in [0.05, 0.1) is 0 Å². The molecule has 1 amide bonds. The van der Waals surface area contributed by atoms with Gasteiger partial charge in [-0.2, -0.15) is 0 Å². The zero-order valence-electron chi connectivity index (χ0n) is 12.3. The summed E-state index contributed by atoms with van der Waals surface area (Å²) < 4.78 is 6.26. The van der Waals surface area contributed by atoms with Crippen molar-refractivity contribution < 1.29 is 19.1 Å². The van der Waals surface area contributed by atoms with E-state index in [9.17, 15) is 9.59 Å². The molecule has 0 saturated carbocycles. The summed E-state index contributed by atoms with van der Waals surface area (Å²) in [4.78, 5) is 23.2. The van der Waals surface area contributed by atoms with Gasteiger partial charge in [0, 0.05) is 23.5 Å². The van der Waals surface area contributed by atoms with E-state index in [1.807, 2.05) is 25.1 Å². The maximum atomic E-state index is 12.1. The van der Waals surface area contributed by atoms with Crippen molar-refractivity contribution in [1.82, 2.24) is 5.32 Å². The summed E-state index contributed by atoms with van der Waals surface area (Å²) >= 11 is 3.48. The number of amides is 1. The number of carbonyl (C=O) groups is 2. The van der Waals surface area contributed by atoms with E-state index in [2.05, 4.69) is 21.2 Å². The van der Waals surface area contributed by atoms with Crippen LogP contribution in [0.1, 0.15) is 44.7 Å². The Kier molecular flexibility index (Phi) is 5.03. The van der Waals surface area contributed by atoms with Crippen LogP contribution in [0.3, 0.4) is 0 Å². The van der Waals surface area contributed by atoms with E-state index in [-0.39, 0.29) is 11.3 Å². The van der Waals surface area contributed by atoms with Gasteiger partial charge in [0.2, 0.25) is 0 Å². The van der Waals surface area contributed by atoms with Gasteiger partial charge in [-0.15, -0.1) is 0 Å². The van der Waals surface area contributed by atoms with Gasteiger partial charge in [0.1, 0.15) is 11.3 Å². The summed E-state index contributed by atoms with van der Waals surface area (Å²) in [5.74, 6) is -1.22. The maximum Gasteiger partial charge on any atom is 0.339 e. The number of carbonyl (C=O) groups excluding carboxylic acids is 1. The minimum atomic E-state index is -1.10. The minimum absolute atomic E-state index is 0.0121. The van der Waals surface area contributed by atoms with Crippen molar-refractivity contribution in [2.75, 3.05) is 0 Å². The molecule has 1 aromatic carbocycles. The minimum Gasteiger partial charge on any atom is -0.478 e. The average molecular weight is 366 g/mol. The molecule has 0 atom stereocenters. The largest absolute Gasteiger partial charge is 0.478 e. The molecular formula is C16H16BrNO4. The van der Waals surface area contributed by atoms with E-state index in [4.69, 9.17) is 9.52 Å². The van der Waals surface area contributed by atoms with Crippen molar-refractivity contribution in [3.63, 3.8) is 0 Å². The highest BCUT2D eigenvalue weighted by Gasteiger charge is 2.20. The Morgan fingerprint density at radius 2 is 2.09 bits per heavy atom. The average Bonchev–Trinajstić information content (AvgIpc) is 2.93. The zero-order chi connectivity index (χ0) is 16.3. The van der Waals surface area contributed by atoms with Crippen LogP contribution in [0.25, 0.3) is 0 Å². The number of furan rings is 1. The van der Waals surface area contributed by atoms with Crippen LogP contribution in [0.2, 0.25) is 0 Å². The summed E-state index contributed by atoms with van der Waals surface area (Å²) in [5, 5.41) is 11.8. The van der Waals surface area contributed by atoms with Crippen LogP contribution < -0.4 is 5.32 Å². The molecule has 0 aliphatic rings. The number of aromatic carboxylic acids is 1. The topological polar surface area (TPSA) is 79.5 Å². The van der Waals surface area contributed by atoms with Crippen molar-refractivity contribution in [1.29, 1.82) is 0 Å². The summed E-state index contributed by atoms with van der Waals surface area (Å²) in [6.07, 6.45) is 0.415. The van der Waals surface area contributed by atoms with Crippen molar-refractivity contribution >= 4 is 27.8 Å². The molecule has 2 aromatic rings. The van der Waals surface area contributed by atoms with Crippen molar-refractivity contribution in [3.05, 3.63) is 56.9 Å². The number of nitrogens with one attached hydrogen (secondary N) is 1. The molecule has 0 unspecified atom stereocenters. The highest BCUT2D eigenvalue weighted by Crippen LogP contribution is 2.21. The number of carboxylic acids is 1. The lowest BCUT2D eigenvalue weighted by Crippen LogP contribution is -2.22. The Hall–Kier alpha value is -2.08. The predicted molar refractivity (Wildman–Crippen MR) is 85.1 cm³/mol. The molecule has 0 aliphatic heterocycles. The quantitative estimate of drug-likeness (QED) is 0.848. The fourth-order valence-electron chi connectivity index (χ4n) is 2.09. The lowest BCUT2D eigenvalue weighted by atomic mass is 10.1. The van der Waals surface area contributed by atoms with Crippen molar-refractivity contribution in [2.45, 2.75) is 26.8 Å². The van der Waals surface area contributed by atoms with Crippen LogP contribution in [0.5, 0.6) is 0 Å². The van der Waals surface area contributed by atoms with Gasteiger partial charge in [-0.1, -0.05) is 41.1 Å². The van der Waals surface area contributed by atoms with Crippen LogP contribution >= 0.6 is 15.9 Å². The van der Waals surface area contributed by atoms with Crippen molar-refractivity contribution in [3.8, 4) is 0 Å². The van der Waals surface area contributed by atoms with E-state index in [1.54, 1.807) is 6.92 Å². The number of halogens is 1. The predicted octanol–water partition coefficient (Wildman–Crippen LogP) is 3.54. The zero-order valence-corrected chi connectivity index (χ0v) is 13.9. The van der Waals surface area contributed by atoms with E-state index in [0.717, 1.165) is 15.6 Å². The molecule has 2 N–H and O–H groups in total. The third-order valence-corrected chi connectivity index (χ3v) is 4.43. The monoisotopic (exact) mass is 365 g/mol. The maximum absolute atomic E-state index is 12.1. The van der Waals surface area contributed by atoms with Gasteiger partial charge < -0.3 is 14.8 Å². The summed E-state index contributed by atoms with van der Waals surface area (Å²) in [6.45, 7) is 4.07. The van der Waals surface area contributed by atoms with Crippen LogP contribution in [-0.4, -0.2) is 17.0 Å². The van der Waals surface area contributed by atoms with Gasteiger partial charge >= 0.3 is 5.97 Å². The second kappa shape index (κ2) is 6.79. The molecule has 0 radical (unpaired) electrons. The molecule has 0 fully saturated rings. The Morgan fingerprint density at radius 3 is 2.68 bits per heavy atom. The first-order valence-corrected chi connectivity index (χ1v) is 7.61. The number of benzene rings is 1. The molecule has 5 nitrogen and oxygen atoms in total. The normalized spacial score (nSPS) is 10.5. The number of hydrogen-bond acceptors (Lipinski definition) is 3. The fourth-order valence-corrected chi connectivity index (χ4v) is 2.50. The summed E-state index contributed by atoms with van der Waals surface area (Å²) in [6, 6.07) is 7.04. The van der Waals surface area contributed by atoms with Gasteiger partial charge in [-0.25, -0.2) is 4.79 Å². The Labute approximate surface area is 136 Å². The first-order valence-electron chi connectivity index (χ1n) is 6.82. The molecule has 116 valence electrons. The molecule has 0 spiro atoms. The lowest BCUT2D eigenvalue weighted by Gasteiger charge is -2.07. The van der Waals surface area contributed by atoms with Gasteiger partial charge in [0.15, 0.2) is 5.76 Å². The van der Waals surface area contributed by atoms with Gasteiger partial charge in [-0.05, 0) is 18.1 Å². The first-order chi connectivity index (χ1) is 10.4. The lowest BCUT2D eigenvalue weighted by molar-refractivity contribution is 0.0694. The SMILES string of the molecule is CCc1oc(C(=O)NCc2cccc(C)c2Br)cc1C(=O)O. The molecule has 2 rings (SSSR count). The summed E-state index contributed by atoms with van der Waals surface area (Å²) in [5.41, 5.74) is 2.05. The molecule has 0 saturated heterocycles. The third kappa shape index (κ3) is 3.39. The van der Waals surface area contributed by atoms with Gasteiger partial charge in [0.25, 0.3) is 5.91 Å². The number of rotatable bonds is 5. The van der Waals surface area contributed by atoms with Gasteiger partial charge in [-0.3, -0.25) is 4.79 Å². The van der Waals surface area contributed by atoms with E-state index >= 15 is 0 Å².